The van der Waals surface area contributed by atoms with Gasteiger partial charge in [-0.25, -0.2) is 0 Å². The molecule has 0 aromatic heterocycles. The fourth-order valence-corrected chi connectivity index (χ4v) is 11.0. The van der Waals surface area contributed by atoms with E-state index < -0.39 is 0 Å². The Morgan fingerprint density at radius 1 is 0.449 bits per heavy atom. The average Bonchev–Trinajstić information content (AvgIpc) is 3.40. The predicted molar refractivity (Wildman–Crippen MR) is 286 cm³/mol. The van der Waals surface area contributed by atoms with Crippen LogP contribution in [0.15, 0.2) is 236 Å². The number of benzene rings is 9. The minimum Gasteiger partial charge on any atom is -0.458 e. The monoisotopic (exact) mass is 889 g/mol. The molecule has 4 aliphatic rings. The van der Waals surface area contributed by atoms with Crippen LogP contribution >= 0.6 is 0 Å². The van der Waals surface area contributed by atoms with Crippen LogP contribution in [-0.4, -0.2) is 6.71 Å². The van der Waals surface area contributed by atoms with Crippen molar-refractivity contribution in [1.82, 2.24) is 0 Å². The molecule has 0 amide bonds. The second-order valence-electron chi connectivity index (χ2n) is 18.8. The molecule has 0 fully saturated rings. The zero-order chi connectivity index (χ0) is 46.1. The number of allylic oxidation sites excluding steroid dienone is 3. The number of hydrogen-bond donors (Lipinski definition) is 0. The third-order valence-electron chi connectivity index (χ3n) is 14.4. The van der Waals surface area contributed by atoms with Crippen molar-refractivity contribution in [2.24, 2.45) is 0 Å². The van der Waals surface area contributed by atoms with Crippen molar-refractivity contribution < 1.29 is 9.47 Å². The Morgan fingerprint density at radius 2 is 1.06 bits per heavy atom. The Balaban J connectivity index is 0.966. The predicted octanol–water partition coefficient (Wildman–Crippen LogP) is 15.0. The van der Waals surface area contributed by atoms with Crippen LogP contribution < -0.4 is 40.6 Å². The normalized spacial score (nSPS) is 14.4. The van der Waals surface area contributed by atoms with Crippen molar-refractivity contribution in [3.8, 4) is 34.1 Å². The maximum absolute atomic E-state index is 7.13. The van der Waals surface area contributed by atoms with Crippen molar-refractivity contribution in [3.05, 3.63) is 247 Å². The Morgan fingerprint density at radius 3 is 1.84 bits per heavy atom. The van der Waals surface area contributed by atoms with Gasteiger partial charge in [0.25, 0.3) is 6.71 Å². The number of nitrogens with zero attached hydrogens (tertiary/aromatic N) is 3. The maximum Gasteiger partial charge on any atom is 0.256 e. The molecular formula is C63H48BN3O2. The molecule has 0 radical (unpaired) electrons. The fourth-order valence-electron chi connectivity index (χ4n) is 11.0. The topological polar surface area (TPSA) is 28.2 Å². The summed E-state index contributed by atoms with van der Waals surface area (Å²) < 4.78 is 13.7. The van der Waals surface area contributed by atoms with Gasteiger partial charge in [-0.05, 0) is 137 Å². The minimum absolute atomic E-state index is 0.0719. The molecule has 5 nitrogen and oxygen atoms in total. The number of ether oxygens (including phenoxy) is 2. The number of fused-ring (bicyclic) bond motifs is 6. The van der Waals surface area contributed by atoms with Gasteiger partial charge in [-0.1, -0.05) is 141 Å². The Hall–Kier alpha value is -8.48. The van der Waals surface area contributed by atoms with E-state index in [2.05, 4.69) is 253 Å². The number of anilines is 8. The number of rotatable bonds is 8. The van der Waals surface area contributed by atoms with Crippen LogP contribution in [0, 0.1) is 0 Å². The molecule has 9 aromatic carbocycles. The van der Waals surface area contributed by atoms with Crippen LogP contribution in [0.5, 0.6) is 23.0 Å². The summed E-state index contributed by atoms with van der Waals surface area (Å²) in [6.07, 6.45) is 8.96. The molecule has 0 atom stereocenters. The lowest BCUT2D eigenvalue weighted by atomic mass is 9.34. The molecule has 0 saturated carbocycles. The van der Waals surface area contributed by atoms with Gasteiger partial charge in [-0.15, -0.1) is 0 Å². The second-order valence-corrected chi connectivity index (χ2v) is 18.8. The number of para-hydroxylation sites is 3. The Kier molecular flexibility index (Phi) is 9.69. The van der Waals surface area contributed by atoms with Gasteiger partial charge in [-0.3, -0.25) is 0 Å². The highest BCUT2D eigenvalue weighted by atomic mass is 16.5. The lowest BCUT2D eigenvalue weighted by Crippen LogP contribution is -2.59. The van der Waals surface area contributed by atoms with Crippen molar-refractivity contribution in [2.75, 3.05) is 14.7 Å². The summed E-state index contributed by atoms with van der Waals surface area (Å²) in [6, 6.07) is 76.3. The minimum atomic E-state index is -0.284. The quantitative estimate of drug-likeness (QED) is 0.142. The highest BCUT2D eigenvalue weighted by molar-refractivity contribution is 6.99. The zero-order valence-electron chi connectivity index (χ0n) is 38.6. The summed E-state index contributed by atoms with van der Waals surface area (Å²) in [5.41, 5.74) is 17.8. The lowest BCUT2D eigenvalue weighted by Gasteiger charge is -2.41. The molecule has 3 aliphatic heterocycles. The first kappa shape index (κ1) is 40.8. The molecule has 69 heavy (non-hydrogen) atoms. The maximum atomic E-state index is 7.13. The van der Waals surface area contributed by atoms with Gasteiger partial charge >= 0.3 is 0 Å². The fraction of sp³-hybridized carbons (Fsp3) is 0.0794. The number of hydrogen-bond acceptors (Lipinski definition) is 5. The van der Waals surface area contributed by atoms with E-state index in [1.807, 2.05) is 6.07 Å². The summed E-state index contributed by atoms with van der Waals surface area (Å²) >= 11 is 0. The van der Waals surface area contributed by atoms with E-state index in [1.54, 1.807) is 0 Å². The smallest absolute Gasteiger partial charge is 0.256 e. The van der Waals surface area contributed by atoms with Crippen LogP contribution in [0.25, 0.3) is 11.1 Å². The van der Waals surface area contributed by atoms with Gasteiger partial charge < -0.3 is 24.2 Å². The van der Waals surface area contributed by atoms with E-state index in [4.69, 9.17) is 9.47 Å². The molecule has 0 bridgehead atoms. The molecule has 0 saturated heterocycles. The standard InChI is InChI=1S/C63H48BN3O2/c1-63(2)52-26-15-16-28-58(52)68-59-39-36-49(40-53(59)63)66(48-32-30-44(31-33-48)43-18-7-3-8-19-43)51-35-38-55-61(42-51)69-60-29-17-27-56-62(60)64(55)54-37-34-50(41-57(54)67(56)47-24-13-6-14-25-47)65(45-20-9-4-10-21-45)46-22-11-5-12-23-46/h3-4,6-11,13-42H,5,12H2,1-2H3. The van der Waals surface area contributed by atoms with Crippen molar-refractivity contribution in [3.63, 3.8) is 0 Å². The highest BCUT2D eigenvalue weighted by Gasteiger charge is 2.42. The molecule has 0 unspecified atom stereocenters. The molecule has 330 valence electrons. The van der Waals surface area contributed by atoms with Crippen LogP contribution in [0.3, 0.4) is 0 Å². The van der Waals surface area contributed by atoms with E-state index in [0.717, 1.165) is 92.4 Å². The van der Waals surface area contributed by atoms with E-state index >= 15 is 0 Å². The van der Waals surface area contributed by atoms with E-state index in [0.29, 0.717) is 0 Å². The summed E-state index contributed by atoms with van der Waals surface area (Å²) in [6.45, 7) is 4.52. The molecule has 9 aromatic rings. The molecule has 1 aliphatic carbocycles. The second kappa shape index (κ2) is 16.4. The third-order valence-corrected chi connectivity index (χ3v) is 14.4. The molecule has 13 rings (SSSR count). The van der Waals surface area contributed by atoms with E-state index in [9.17, 15) is 0 Å². The molecular weight excluding hydrogens is 842 g/mol. The van der Waals surface area contributed by atoms with Gasteiger partial charge in [-0.2, -0.15) is 0 Å². The van der Waals surface area contributed by atoms with Crippen molar-refractivity contribution in [1.29, 1.82) is 0 Å². The van der Waals surface area contributed by atoms with Crippen molar-refractivity contribution >= 4 is 68.6 Å². The first-order valence-electron chi connectivity index (χ1n) is 24.0. The highest BCUT2D eigenvalue weighted by Crippen LogP contribution is 2.51. The van der Waals surface area contributed by atoms with E-state index in [1.165, 1.54) is 33.3 Å². The van der Waals surface area contributed by atoms with Gasteiger partial charge in [0.05, 0.1) is 0 Å². The Labute approximate surface area is 404 Å². The van der Waals surface area contributed by atoms with Gasteiger partial charge in [0, 0.05) is 73.8 Å². The van der Waals surface area contributed by atoms with Crippen LogP contribution in [0.1, 0.15) is 37.8 Å². The van der Waals surface area contributed by atoms with Gasteiger partial charge in [0.2, 0.25) is 0 Å². The lowest BCUT2D eigenvalue weighted by molar-refractivity contribution is 0.418. The molecule has 0 spiro atoms. The largest absolute Gasteiger partial charge is 0.458 e. The SMILES string of the molecule is CC1(C)c2ccccc2Oc2ccc(N(c3ccc(-c4ccccc4)cc3)c3ccc4c(c3)Oc3cccc5c3B4c3ccc(N(C4=CCCC=C4)c4ccccc4)cc3N5c3ccccc3)cc21. The van der Waals surface area contributed by atoms with Crippen LogP contribution in [0.4, 0.5) is 45.5 Å². The first-order chi connectivity index (χ1) is 34.0. The summed E-state index contributed by atoms with van der Waals surface area (Å²) in [7, 11) is 0. The Bertz CT molecular complexity index is 3500. The summed E-state index contributed by atoms with van der Waals surface area (Å²) in [5, 5.41) is 0. The van der Waals surface area contributed by atoms with E-state index in [-0.39, 0.29) is 12.1 Å². The average molecular weight is 890 g/mol. The summed E-state index contributed by atoms with van der Waals surface area (Å²) in [5.74, 6) is 3.50. The molecule has 0 N–H and O–H groups in total. The van der Waals surface area contributed by atoms with Crippen molar-refractivity contribution in [2.45, 2.75) is 32.1 Å². The molecule has 6 heteroatoms. The first-order valence-corrected chi connectivity index (χ1v) is 24.0. The molecule has 3 heterocycles. The van der Waals surface area contributed by atoms with Crippen LogP contribution in [0.2, 0.25) is 0 Å². The summed E-state index contributed by atoms with van der Waals surface area (Å²) in [4.78, 5) is 7.17. The van der Waals surface area contributed by atoms with Gasteiger partial charge in [0.15, 0.2) is 0 Å². The van der Waals surface area contributed by atoms with Crippen LogP contribution in [-0.2, 0) is 5.41 Å². The third kappa shape index (κ3) is 6.85. The van der Waals surface area contributed by atoms with Gasteiger partial charge in [0.1, 0.15) is 23.0 Å². The zero-order valence-corrected chi connectivity index (χ0v) is 38.6.